The lowest BCUT2D eigenvalue weighted by Crippen LogP contribution is -2.27. The smallest absolute Gasteiger partial charge is 0.212 e. The van der Waals surface area contributed by atoms with Crippen LogP contribution in [0.25, 0.3) is 0 Å². The Balaban J connectivity index is 2.36. The minimum Gasteiger partial charge on any atom is -0.320 e. The Morgan fingerprint density at radius 1 is 1.50 bits per heavy atom. The topological polar surface area (TPSA) is 71.1 Å². The molecule has 0 radical (unpaired) electrons. The molecule has 0 saturated heterocycles. The van der Waals surface area contributed by atoms with Crippen molar-refractivity contribution < 1.29 is 8.42 Å². The van der Waals surface area contributed by atoms with Crippen LogP contribution in [0.2, 0.25) is 0 Å². The summed E-state index contributed by atoms with van der Waals surface area (Å²) < 4.78 is 25.6. The molecule has 16 heavy (non-hydrogen) atoms. The first kappa shape index (κ1) is 13.6. The van der Waals surface area contributed by atoms with E-state index >= 15 is 0 Å². The average molecular weight is 263 g/mol. The Labute approximate surface area is 100 Å². The Morgan fingerprint density at radius 2 is 2.25 bits per heavy atom. The first-order chi connectivity index (χ1) is 7.53. The summed E-state index contributed by atoms with van der Waals surface area (Å²) in [6.07, 6.45) is 2.36. The summed E-state index contributed by atoms with van der Waals surface area (Å²) in [6, 6.07) is 0. The van der Waals surface area contributed by atoms with E-state index in [-0.39, 0.29) is 5.75 Å². The van der Waals surface area contributed by atoms with Gasteiger partial charge in [-0.15, -0.1) is 11.3 Å². The highest BCUT2D eigenvalue weighted by Crippen LogP contribution is 2.10. The van der Waals surface area contributed by atoms with E-state index in [1.165, 1.54) is 11.3 Å². The Kier molecular flexibility index (Phi) is 5.33. The standard InChI is InChI=1S/C9H17N3O2S2/c1-8-6-11-9(15-8)7-12-16(13,14)5-3-4-10-2/h6,10,12H,3-5,7H2,1-2H3. The van der Waals surface area contributed by atoms with Crippen LogP contribution in [0.5, 0.6) is 0 Å². The fourth-order valence-electron chi connectivity index (χ4n) is 1.17. The van der Waals surface area contributed by atoms with Gasteiger partial charge in [-0.25, -0.2) is 18.1 Å². The third-order valence-electron chi connectivity index (χ3n) is 1.95. The summed E-state index contributed by atoms with van der Waals surface area (Å²) in [7, 11) is -1.36. The van der Waals surface area contributed by atoms with Gasteiger partial charge >= 0.3 is 0 Å². The first-order valence-electron chi connectivity index (χ1n) is 5.07. The highest BCUT2D eigenvalue weighted by Gasteiger charge is 2.10. The second-order valence-corrected chi connectivity index (χ2v) is 6.71. The lowest BCUT2D eigenvalue weighted by Gasteiger charge is -2.04. The number of nitrogens with zero attached hydrogens (tertiary/aromatic N) is 1. The van der Waals surface area contributed by atoms with Gasteiger partial charge in [-0.1, -0.05) is 0 Å². The molecule has 0 aliphatic heterocycles. The van der Waals surface area contributed by atoms with Gasteiger partial charge in [-0.05, 0) is 26.9 Å². The molecule has 1 aromatic heterocycles. The van der Waals surface area contributed by atoms with Crippen molar-refractivity contribution in [3.63, 3.8) is 0 Å². The van der Waals surface area contributed by atoms with Crippen LogP contribution in [0.4, 0.5) is 0 Å². The lowest BCUT2D eigenvalue weighted by atomic mass is 10.5. The van der Waals surface area contributed by atoms with E-state index in [1.54, 1.807) is 13.2 Å². The quantitative estimate of drug-likeness (QED) is 0.702. The number of thiazole rings is 1. The van der Waals surface area contributed by atoms with Crippen LogP contribution in [0, 0.1) is 6.92 Å². The molecule has 5 nitrogen and oxygen atoms in total. The Morgan fingerprint density at radius 3 is 2.81 bits per heavy atom. The van der Waals surface area contributed by atoms with Crippen LogP contribution in [0.15, 0.2) is 6.20 Å². The maximum Gasteiger partial charge on any atom is 0.212 e. The molecule has 0 aliphatic carbocycles. The normalized spacial score (nSPS) is 11.9. The van der Waals surface area contributed by atoms with Gasteiger partial charge in [0.05, 0.1) is 12.3 Å². The van der Waals surface area contributed by atoms with E-state index in [1.807, 2.05) is 6.92 Å². The molecule has 0 spiro atoms. The van der Waals surface area contributed by atoms with Crippen molar-refractivity contribution in [1.82, 2.24) is 15.0 Å². The van der Waals surface area contributed by atoms with Crippen molar-refractivity contribution in [3.8, 4) is 0 Å². The molecule has 1 heterocycles. The highest BCUT2D eigenvalue weighted by molar-refractivity contribution is 7.89. The maximum absolute atomic E-state index is 11.5. The largest absolute Gasteiger partial charge is 0.320 e. The molecule has 1 aromatic rings. The van der Waals surface area contributed by atoms with Crippen molar-refractivity contribution in [2.45, 2.75) is 19.9 Å². The number of aromatic nitrogens is 1. The summed E-state index contributed by atoms with van der Waals surface area (Å²) in [5, 5.41) is 3.72. The van der Waals surface area contributed by atoms with Crippen molar-refractivity contribution in [1.29, 1.82) is 0 Å². The third-order valence-corrected chi connectivity index (χ3v) is 4.28. The second kappa shape index (κ2) is 6.29. The van der Waals surface area contributed by atoms with E-state index in [2.05, 4.69) is 15.0 Å². The zero-order valence-electron chi connectivity index (χ0n) is 9.49. The lowest BCUT2D eigenvalue weighted by molar-refractivity contribution is 0.577. The summed E-state index contributed by atoms with van der Waals surface area (Å²) >= 11 is 1.51. The molecular weight excluding hydrogens is 246 g/mol. The van der Waals surface area contributed by atoms with Crippen molar-refractivity contribution in [2.24, 2.45) is 0 Å². The summed E-state index contributed by atoms with van der Waals surface area (Å²) in [4.78, 5) is 5.18. The number of nitrogens with one attached hydrogen (secondary N) is 2. The van der Waals surface area contributed by atoms with E-state index in [4.69, 9.17) is 0 Å². The molecule has 0 unspecified atom stereocenters. The minimum atomic E-state index is -3.17. The van der Waals surface area contributed by atoms with Crippen molar-refractivity contribution in [2.75, 3.05) is 19.3 Å². The van der Waals surface area contributed by atoms with Gasteiger partial charge in [-0.3, -0.25) is 0 Å². The van der Waals surface area contributed by atoms with Gasteiger partial charge in [0.1, 0.15) is 5.01 Å². The van der Waals surface area contributed by atoms with E-state index in [0.29, 0.717) is 19.5 Å². The zero-order valence-corrected chi connectivity index (χ0v) is 11.1. The summed E-state index contributed by atoms with van der Waals surface area (Å²) in [5.41, 5.74) is 0. The molecule has 92 valence electrons. The molecule has 0 aromatic carbocycles. The highest BCUT2D eigenvalue weighted by atomic mass is 32.2. The van der Waals surface area contributed by atoms with Gasteiger partial charge in [0, 0.05) is 11.1 Å². The maximum atomic E-state index is 11.5. The molecule has 0 fully saturated rings. The average Bonchev–Trinajstić information content (AvgIpc) is 2.62. The predicted octanol–water partition coefficient (Wildman–Crippen LogP) is 0.480. The fraction of sp³-hybridized carbons (Fsp3) is 0.667. The van der Waals surface area contributed by atoms with Gasteiger partial charge < -0.3 is 5.32 Å². The van der Waals surface area contributed by atoms with Crippen LogP contribution in [-0.2, 0) is 16.6 Å². The van der Waals surface area contributed by atoms with Gasteiger partial charge in [-0.2, -0.15) is 0 Å². The Bertz CT molecular complexity index is 414. The molecular formula is C9H17N3O2S2. The van der Waals surface area contributed by atoms with Gasteiger partial charge in [0.15, 0.2) is 0 Å². The van der Waals surface area contributed by atoms with Crippen LogP contribution in [-0.4, -0.2) is 32.7 Å². The second-order valence-electron chi connectivity index (χ2n) is 3.46. The molecule has 2 N–H and O–H groups in total. The number of aryl methyl sites for hydroxylation is 1. The Hall–Kier alpha value is -0.500. The van der Waals surface area contributed by atoms with Crippen molar-refractivity contribution >= 4 is 21.4 Å². The molecule has 0 amide bonds. The zero-order chi connectivity index (χ0) is 12.0. The number of sulfonamides is 1. The number of hydrogen-bond acceptors (Lipinski definition) is 5. The summed E-state index contributed by atoms with van der Waals surface area (Å²) in [5.74, 6) is 0.151. The molecule has 1 rings (SSSR count). The first-order valence-corrected chi connectivity index (χ1v) is 7.53. The monoisotopic (exact) mass is 263 g/mol. The van der Waals surface area contributed by atoms with Gasteiger partial charge in [0.25, 0.3) is 0 Å². The van der Waals surface area contributed by atoms with Crippen molar-refractivity contribution in [3.05, 3.63) is 16.1 Å². The molecule has 0 aliphatic rings. The molecule has 0 atom stereocenters. The summed E-state index contributed by atoms with van der Waals surface area (Å²) in [6.45, 7) is 2.94. The third kappa shape index (κ3) is 5.02. The SMILES string of the molecule is CNCCCS(=O)(=O)NCc1ncc(C)s1. The fourth-order valence-corrected chi connectivity index (χ4v) is 3.01. The van der Waals surface area contributed by atoms with E-state index in [0.717, 1.165) is 9.88 Å². The van der Waals surface area contributed by atoms with Crippen LogP contribution in [0.3, 0.4) is 0 Å². The number of hydrogen-bond donors (Lipinski definition) is 2. The molecule has 0 bridgehead atoms. The van der Waals surface area contributed by atoms with E-state index < -0.39 is 10.0 Å². The number of rotatable bonds is 7. The molecule has 7 heteroatoms. The van der Waals surface area contributed by atoms with Crippen LogP contribution >= 0.6 is 11.3 Å². The van der Waals surface area contributed by atoms with E-state index in [9.17, 15) is 8.42 Å². The van der Waals surface area contributed by atoms with Crippen LogP contribution < -0.4 is 10.0 Å². The molecule has 0 saturated carbocycles. The van der Waals surface area contributed by atoms with Gasteiger partial charge in [0.2, 0.25) is 10.0 Å². The minimum absolute atomic E-state index is 0.151. The predicted molar refractivity (Wildman–Crippen MR) is 66.0 cm³/mol. The van der Waals surface area contributed by atoms with Crippen LogP contribution in [0.1, 0.15) is 16.3 Å².